The van der Waals surface area contributed by atoms with E-state index in [4.69, 9.17) is 23.7 Å². The van der Waals surface area contributed by atoms with E-state index in [0.29, 0.717) is 0 Å². The van der Waals surface area contributed by atoms with Gasteiger partial charge in [-0.05, 0) is 0 Å². The number of aliphatic hydroxyl groups excluding tert-OH is 11. The molecule has 0 saturated carbocycles. The normalized spacial score (nSPS) is 52.5. The molecule has 3 aliphatic heterocycles. The highest BCUT2D eigenvalue weighted by Gasteiger charge is 2.53. The fourth-order valence-electron chi connectivity index (χ4n) is 3.97. The second-order valence-corrected chi connectivity index (χ2v) is 8.34. The molecule has 0 aromatic rings. The maximum atomic E-state index is 10.7. The number of ether oxygens (including phenoxy) is 5. The second kappa shape index (κ2) is 11.6. The zero-order valence-corrected chi connectivity index (χ0v) is 17.7. The molecule has 11 N–H and O–H groups in total. The number of aliphatic hydroxyl groups is 11. The molecule has 3 heterocycles. The standard InChI is InChI=1S/C18H32O16/c19-1-4-7(22)10(25)12(27)16(30-4)33-15-9(24)6(3-21)32-18(14(15)29)34-17-13(28)11(26)8(23)5(2-20)31-17/h4-29H,1-3H2/t4-,5-,6-,7-,8-,9-,10+,11+,12-,13-,14-,15+,16-,17-,18+/m1/s1. The maximum absolute atomic E-state index is 10.7. The first-order valence-corrected chi connectivity index (χ1v) is 10.6. The van der Waals surface area contributed by atoms with E-state index in [1.807, 2.05) is 0 Å². The summed E-state index contributed by atoms with van der Waals surface area (Å²) in [5.74, 6) is 0. The molecular formula is C18H32O16. The Morgan fingerprint density at radius 2 is 0.765 bits per heavy atom. The summed E-state index contributed by atoms with van der Waals surface area (Å²) < 4.78 is 26.5. The van der Waals surface area contributed by atoms with Crippen LogP contribution in [0.3, 0.4) is 0 Å². The minimum absolute atomic E-state index is 0.750. The Hall–Kier alpha value is -0.640. The molecule has 0 aromatic heterocycles. The van der Waals surface area contributed by atoms with Gasteiger partial charge in [0.05, 0.1) is 19.8 Å². The van der Waals surface area contributed by atoms with Crippen LogP contribution in [0.4, 0.5) is 0 Å². The van der Waals surface area contributed by atoms with Crippen LogP contribution < -0.4 is 0 Å². The first-order chi connectivity index (χ1) is 16.0. The van der Waals surface area contributed by atoms with Gasteiger partial charge in [-0.3, -0.25) is 0 Å². The van der Waals surface area contributed by atoms with Crippen LogP contribution in [-0.4, -0.2) is 168 Å². The van der Waals surface area contributed by atoms with Crippen molar-refractivity contribution in [2.75, 3.05) is 19.8 Å². The van der Waals surface area contributed by atoms with Gasteiger partial charge in [0.15, 0.2) is 18.9 Å². The zero-order chi connectivity index (χ0) is 25.3. The fourth-order valence-corrected chi connectivity index (χ4v) is 3.97. The van der Waals surface area contributed by atoms with Gasteiger partial charge in [0.1, 0.15) is 73.2 Å². The van der Waals surface area contributed by atoms with Crippen molar-refractivity contribution in [1.82, 2.24) is 0 Å². The number of hydrogen-bond donors (Lipinski definition) is 11. The lowest BCUT2D eigenvalue weighted by atomic mass is 9.96. The monoisotopic (exact) mass is 504 g/mol. The summed E-state index contributed by atoms with van der Waals surface area (Å²) in [5.41, 5.74) is 0. The third kappa shape index (κ3) is 5.37. The molecule has 0 radical (unpaired) electrons. The van der Waals surface area contributed by atoms with Crippen molar-refractivity contribution in [2.45, 2.75) is 92.1 Å². The van der Waals surface area contributed by atoms with Crippen LogP contribution in [0.15, 0.2) is 0 Å². The number of hydrogen-bond acceptors (Lipinski definition) is 16. The third-order valence-electron chi connectivity index (χ3n) is 6.08. The van der Waals surface area contributed by atoms with E-state index in [1.165, 1.54) is 0 Å². The summed E-state index contributed by atoms with van der Waals surface area (Å²) in [4.78, 5) is 0. The summed E-state index contributed by atoms with van der Waals surface area (Å²) in [7, 11) is 0. The molecule has 3 aliphatic rings. The molecule has 16 heteroatoms. The van der Waals surface area contributed by atoms with E-state index in [-0.39, 0.29) is 0 Å². The Bertz CT molecular complexity index is 637. The molecule has 3 fully saturated rings. The van der Waals surface area contributed by atoms with Gasteiger partial charge in [-0.2, -0.15) is 0 Å². The van der Waals surface area contributed by atoms with E-state index in [2.05, 4.69) is 0 Å². The predicted octanol–water partition coefficient (Wildman–Crippen LogP) is -7.57. The molecule has 0 unspecified atom stereocenters. The summed E-state index contributed by atoms with van der Waals surface area (Å²) in [5, 5.41) is 109. The van der Waals surface area contributed by atoms with Gasteiger partial charge in [-0.1, -0.05) is 0 Å². The molecule has 200 valence electrons. The van der Waals surface area contributed by atoms with Crippen LogP contribution in [0.5, 0.6) is 0 Å². The fraction of sp³-hybridized carbons (Fsp3) is 1.00. The molecule has 34 heavy (non-hydrogen) atoms. The zero-order valence-electron chi connectivity index (χ0n) is 17.7. The molecule has 3 rings (SSSR count). The average Bonchev–Trinajstić information content (AvgIpc) is 2.83. The van der Waals surface area contributed by atoms with Gasteiger partial charge in [-0.25, -0.2) is 0 Å². The van der Waals surface area contributed by atoms with Crippen molar-refractivity contribution in [2.24, 2.45) is 0 Å². The largest absolute Gasteiger partial charge is 0.394 e. The highest BCUT2D eigenvalue weighted by atomic mass is 16.8. The second-order valence-electron chi connectivity index (χ2n) is 8.34. The van der Waals surface area contributed by atoms with Crippen LogP contribution in [0.2, 0.25) is 0 Å². The Balaban J connectivity index is 1.76. The molecule has 3 saturated heterocycles. The average molecular weight is 504 g/mol. The van der Waals surface area contributed by atoms with Gasteiger partial charge in [-0.15, -0.1) is 0 Å². The van der Waals surface area contributed by atoms with Gasteiger partial charge in [0, 0.05) is 0 Å². The van der Waals surface area contributed by atoms with Crippen molar-refractivity contribution in [1.29, 1.82) is 0 Å². The van der Waals surface area contributed by atoms with E-state index >= 15 is 0 Å². The summed E-state index contributed by atoms with van der Waals surface area (Å²) >= 11 is 0. The molecule has 0 bridgehead atoms. The summed E-state index contributed by atoms with van der Waals surface area (Å²) in [6, 6.07) is 0. The minimum atomic E-state index is -1.91. The topological polar surface area (TPSA) is 269 Å². The van der Waals surface area contributed by atoms with E-state index in [9.17, 15) is 56.2 Å². The van der Waals surface area contributed by atoms with Gasteiger partial charge in [0.2, 0.25) is 0 Å². The Morgan fingerprint density at radius 3 is 1.18 bits per heavy atom. The quantitative estimate of drug-likeness (QED) is 0.154. The van der Waals surface area contributed by atoms with Crippen molar-refractivity contribution in [3.63, 3.8) is 0 Å². The third-order valence-corrected chi connectivity index (χ3v) is 6.08. The lowest BCUT2D eigenvalue weighted by Gasteiger charge is -2.47. The number of rotatable bonds is 7. The molecule has 15 atom stereocenters. The highest BCUT2D eigenvalue weighted by molar-refractivity contribution is 4.95. The van der Waals surface area contributed by atoms with Crippen molar-refractivity contribution < 1.29 is 79.9 Å². The predicted molar refractivity (Wildman–Crippen MR) is 101 cm³/mol. The van der Waals surface area contributed by atoms with Crippen LogP contribution in [-0.2, 0) is 23.7 Å². The Labute approximate surface area is 192 Å². The van der Waals surface area contributed by atoms with Crippen molar-refractivity contribution in [3.8, 4) is 0 Å². The Morgan fingerprint density at radius 1 is 0.412 bits per heavy atom. The van der Waals surface area contributed by atoms with E-state index < -0.39 is 112 Å². The first kappa shape index (κ1) is 27.9. The summed E-state index contributed by atoms with van der Waals surface area (Å²) in [6.07, 6.45) is -25.4. The summed E-state index contributed by atoms with van der Waals surface area (Å²) in [6.45, 7) is -2.32. The van der Waals surface area contributed by atoms with Crippen molar-refractivity contribution >= 4 is 0 Å². The Kier molecular flexibility index (Phi) is 9.54. The first-order valence-electron chi connectivity index (χ1n) is 10.6. The lowest BCUT2D eigenvalue weighted by molar-refractivity contribution is -0.393. The lowest BCUT2D eigenvalue weighted by Crippen LogP contribution is -2.66. The molecule has 0 aliphatic carbocycles. The van der Waals surface area contributed by atoms with E-state index in [0.717, 1.165) is 0 Å². The molecule has 16 nitrogen and oxygen atoms in total. The minimum Gasteiger partial charge on any atom is -0.394 e. The van der Waals surface area contributed by atoms with Crippen LogP contribution in [0.1, 0.15) is 0 Å². The maximum Gasteiger partial charge on any atom is 0.189 e. The van der Waals surface area contributed by atoms with Gasteiger partial charge in [0.25, 0.3) is 0 Å². The molecule has 0 aromatic carbocycles. The van der Waals surface area contributed by atoms with Crippen LogP contribution >= 0.6 is 0 Å². The van der Waals surface area contributed by atoms with Gasteiger partial charge < -0.3 is 79.9 Å². The van der Waals surface area contributed by atoms with Crippen molar-refractivity contribution in [3.05, 3.63) is 0 Å². The highest BCUT2D eigenvalue weighted by Crippen LogP contribution is 2.31. The van der Waals surface area contributed by atoms with Gasteiger partial charge >= 0.3 is 0 Å². The van der Waals surface area contributed by atoms with E-state index in [1.54, 1.807) is 0 Å². The van der Waals surface area contributed by atoms with Crippen LogP contribution in [0, 0.1) is 0 Å². The SMILES string of the molecule is OC[C@H]1O[C@H](O[C@@H]2O[C@H](CO)[C@@H](O)[C@H](O[C@H]3O[C@H](CO)[C@@H](O)[C@H](O)[C@H]3O)[C@H]2O)[C@H](O)[C@@H](O)[C@@H]1O. The smallest absolute Gasteiger partial charge is 0.189 e. The molecule has 0 amide bonds. The molecular weight excluding hydrogens is 472 g/mol. The molecule has 0 spiro atoms. The van der Waals surface area contributed by atoms with Crippen LogP contribution in [0.25, 0.3) is 0 Å².